The molecule has 1 aliphatic heterocycles. The van der Waals surface area contributed by atoms with Crippen molar-refractivity contribution in [3.8, 4) is 0 Å². The van der Waals surface area contributed by atoms with Gasteiger partial charge in [-0.3, -0.25) is 0 Å². The molecule has 14 heavy (non-hydrogen) atoms. The van der Waals surface area contributed by atoms with E-state index in [-0.39, 0.29) is 0 Å². The number of aromatic nitrogens is 1. The molecule has 0 spiro atoms. The molecular formula is C10H13N2O2. The smallest absolute Gasteiger partial charge is 0.154 e. The lowest BCUT2D eigenvalue weighted by Gasteiger charge is -2.36. The number of nitrogens with zero attached hydrogens (tertiary/aromatic N) is 2. The van der Waals surface area contributed by atoms with Crippen LogP contribution in [0, 0.1) is 6.07 Å². The van der Waals surface area contributed by atoms with E-state index in [1.54, 1.807) is 23.2 Å². The SMILES string of the molecule is O[C@@H]1CCCN(c2cc[c]cn2)[C@@H]1O. The van der Waals surface area contributed by atoms with Gasteiger partial charge in [0.25, 0.3) is 0 Å². The highest BCUT2D eigenvalue weighted by Crippen LogP contribution is 2.21. The standard InChI is InChI=1S/C10H13N2O2/c13-8-4-3-7-12(10(8)14)9-5-1-2-6-11-9/h1,5-6,8,10,13-14H,3-4,7H2/t8-,10-/m1/s1. The van der Waals surface area contributed by atoms with E-state index in [0.29, 0.717) is 12.2 Å². The average Bonchev–Trinajstić information content (AvgIpc) is 2.23. The van der Waals surface area contributed by atoms with Crippen molar-refractivity contribution in [2.45, 2.75) is 25.2 Å². The fourth-order valence-electron chi connectivity index (χ4n) is 1.69. The third kappa shape index (κ3) is 1.71. The second kappa shape index (κ2) is 3.94. The number of pyridine rings is 1. The van der Waals surface area contributed by atoms with Gasteiger partial charge in [0.05, 0.1) is 6.10 Å². The summed E-state index contributed by atoms with van der Waals surface area (Å²) in [6.45, 7) is 0.731. The summed E-state index contributed by atoms with van der Waals surface area (Å²) in [6, 6.07) is 6.34. The van der Waals surface area contributed by atoms with Gasteiger partial charge in [0.15, 0.2) is 6.23 Å². The number of aliphatic hydroxyl groups is 2. The van der Waals surface area contributed by atoms with Crippen molar-refractivity contribution in [2.75, 3.05) is 11.4 Å². The van der Waals surface area contributed by atoms with Crippen LogP contribution in [0.2, 0.25) is 0 Å². The molecule has 0 unspecified atom stereocenters. The first-order valence-electron chi connectivity index (χ1n) is 4.74. The fraction of sp³-hybridized carbons (Fsp3) is 0.500. The Kier molecular flexibility index (Phi) is 2.65. The molecule has 0 aliphatic carbocycles. The molecule has 1 aliphatic rings. The molecule has 0 saturated carbocycles. The first-order chi connectivity index (χ1) is 6.79. The van der Waals surface area contributed by atoms with Gasteiger partial charge >= 0.3 is 0 Å². The Balaban J connectivity index is 2.17. The first-order valence-corrected chi connectivity index (χ1v) is 4.74. The molecule has 1 fully saturated rings. The molecule has 75 valence electrons. The van der Waals surface area contributed by atoms with Crippen LogP contribution in [0.15, 0.2) is 18.3 Å². The van der Waals surface area contributed by atoms with Crippen LogP contribution < -0.4 is 4.90 Å². The maximum Gasteiger partial charge on any atom is 0.154 e. The second-order valence-corrected chi connectivity index (χ2v) is 3.43. The summed E-state index contributed by atoms with van der Waals surface area (Å²) in [6.07, 6.45) is 1.58. The zero-order valence-electron chi connectivity index (χ0n) is 7.80. The van der Waals surface area contributed by atoms with Gasteiger partial charge in [0.1, 0.15) is 5.82 Å². The number of aliphatic hydroxyl groups excluding tert-OH is 2. The van der Waals surface area contributed by atoms with E-state index in [1.165, 1.54) is 0 Å². The Labute approximate surface area is 82.8 Å². The number of piperidine rings is 1. The predicted molar refractivity (Wildman–Crippen MR) is 51.7 cm³/mol. The van der Waals surface area contributed by atoms with Gasteiger partial charge in [0.2, 0.25) is 0 Å². The van der Waals surface area contributed by atoms with Crippen molar-refractivity contribution in [3.63, 3.8) is 0 Å². The normalized spacial score (nSPS) is 27.7. The molecule has 4 heteroatoms. The molecule has 4 nitrogen and oxygen atoms in total. The fourth-order valence-corrected chi connectivity index (χ4v) is 1.69. The minimum absolute atomic E-state index is 0.649. The number of anilines is 1. The molecule has 2 atom stereocenters. The van der Waals surface area contributed by atoms with Gasteiger partial charge < -0.3 is 15.1 Å². The molecule has 1 aromatic heterocycles. The summed E-state index contributed by atoms with van der Waals surface area (Å²) in [5.74, 6) is 0.690. The lowest BCUT2D eigenvalue weighted by molar-refractivity contribution is -0.00225. The highest BCUT2D eigenvalue weighted by molar-refractivity contribution is 5.38. The van der Waals surface area contributed by atoms with E-state index in [9.17, 15) is 10.2 Å². The van der Waals surface area contributed by atoms with Gasteiger partial charge in [-0.15, -0.1) is 0 Å². The summed E-state index contributed by atoms with van der Waals surface area (Å²) >= 11 is 0. The van der Waals surface area contributed by atoms with Gasteiger partial charge in [0, 0.05) is 18.8 Å². The van der Waals surface area contributed by atoms with E-state index in [0.717, 1.165) is 13.0 Å². The van der Waals surface area contributed by atoms with Crippen LogP contribution in [0.5, 0.6) is 0 Å². The average molecular weight is 193 g/mol. The van der Waals surface area contributed by atoms with Crippen molar-refractivity contribution < 1.29 is 10.2 Å². The molecule has 2 heterocycles. The molecule has 1 aromatic rings. The van der Waals surface area contributed by atoms with Crippen LogP contribution in [-0.4, -0.2) is 34.1 Å². The summed E-state index contributed by atoms with van der Waals surface area (Å²) < 4.78 is 0. The van der Waals surface area contributed by atoms with Crippen molar-refractivity contribution in [1.82, 2.24) is 4.98 Å². The van der Waals surface area contributed by atoms with Crippen LogP contribution in [-0.2, 0) is 0 Å². The Morgan fingerprint density at radius 2 is 2.36 bits per heavy atom. The highest BCUT2D eigenvalue weighted by Gasteiger charge is 2.28. The van der Waals surface area contributed by atoms with Crippen molar-refractivity contribution in [1.29, 1.82) is 0 Å². The summed E-state index contributed by atoms with van der Waals surface area (Å²) in [7, 11) is 0. The largest absolute Gasteiger partial charge is 0.388 e. The third-order valence-corrected chi connectivity index (χ3v) is 2.46. The van der Waals surface area contributed by atoms with E-state index in [4.69, 9.17) is 0 Å². The van der Waals surface area contributed by atoms with Gasteiger partial charge in [-0.2, -0.15) is 0 Å². The monoisotopic (exact) mass is 193 g/mol. The molecule has 2 N–H and O–H groups in total. The molecule has 0 amide bonds. The zero-order chi connectivity index (χ0) is 9.97. The van der Waals surface area contributed by atoms with Crippen LogP contribution in [0.25, 0.3) is 0 Å². The van der Waals surface area contributed by atoms with Gasteiger partial charge in [-0.25, -0.2) is 4.98 Å². The van der Waals surface area contributed by atoms with Crippen molar-refractivity contribution >= 4 is 5.82 Å². The van der Waals surface area contributed by atoms with E-state index in [2.05, 4.69) is 11.1 Å². The van der Waals surface area contributed by atoms with Crippen molar-refractivity contribution in [2.24, 2.45) is 0 Å². The van der Waals surface area contributed by atoms with E-state index in [1.807, 2.05) is 0 Å². The maximum atomic E-state index is 9.72. The third-order valence-electron chi connectivity index (χ3n) is 2.46. The van der Waals surface area contributed by atoms with Crippen molar-refractivity contribution in [3.05, 3.63) is 24.4 Å². The molecule has 1 radical (unpaired) electrons. The first kappa shape index (κ1) is 9.43. The Morgan fingerprint density at radius 3 is 3.07 bits per heavy atom. The van der Waals surface area contributed by atoms with Crippen LogP contribution in [0.1, 0.15) is 12.8 Å². The topological polar surface area (TPSA) is 56.6 Å². The zero-order valence-corrected chi connectivity index (χ0v) is 7.80. The molecule has 1 saturated heterocycles. The van der Waals surface area contributed by atoms with E-state index >= 15 is 0 Å². The lowest BCUT2D eigenvalue weighted by Crippen LogP contribution is -2.48. The Hall–Kier alpha value is -1.13. The maximum absolute atomic E-state index is 9.72. The summed E-state index contributed by atoms with van der Waals surface area (Å²) in [5, 5.41) is 19.2. The predicted octanol–water partition coefficient (Wildman–Crippen LogP) is 0.161. The quantitative estimate of drug-likeness (QED) is 0.667. The van der Waals surface area contributed by atoms with E-state index < -0.39 is 12.3 Å². The molecule has 0 aromatic carbocycles. The second-order valence-electron chi connectivity index (χ2n) is 3.43. The molecule has 0 bridgehead atoms. The van der Waals surface area contributed by atoms with Crippen LogP contribution in [0.4, 0.5) is 5.82 Å². The van der Waals surface area contributed by atoms with Gasteiger partial charge in [-0.05, 0) is 25.0 Å². The summed E-state index contributed by atoms with van der Waals surface area (Å²) in [5.41, 5.74) is 0. The van der Waals surface area contributed by atoms with Gasteiger partial charge in [-0.1, -0.05) is 0 Å². The van der Waals surface area contributed by atoms with Crippen LogP contribution >= 0.6 is 0 Å². The number of rotatable bonds is 1. The minimum atomic E-state index is -0.835. The molecular weight excluding hydrogens is 180 g/mol. The number of hydrogen-bond acceptors (Lipinski definition) is 4. The molecule has 2 rings (SSSR count). The summed E-state index contributed by atoms with van der Waals surface area (Å²) in [4.78, 5) is 5.80. The Bertz CT molecular complexity index is 291. The lowest BCUT2D eigenvalue weighted by atomic mass is 10.1. The van der Waals surface area contributed by atoms with Crippen LogP contribution in [0.3, 0.4) is 0 Å². The minimum Gasteiger partial charge on any atom is -0.388 e. The highest BCUT2D eigenvalue weighted by atomic mass is 16.3. The Morgan fingerprint density at radius 1 is 1.50 bits per heavy atom. The number of hydrogen-bond donors (Lipinski definition) is 2.